The van der Waals surface area contributed by atoms with Crippen LogP contribution in [0.4, 0.5) is 0 Å². The molecule has 0 aliphatic heterocycles. The number of ether oxygens (including phenoxy) is 1. The predicted molar refractivity (Wildman–Crippen MR) is 53.7 cm³/mol. The van der Waals surface area contributed by atoms with Gasteiger partial charge in [0.2, 0.25) is 0 Å². The van der Waals surface area contributed by atoms with Gasteiger partial charge in [0.15, 0.2) is 0 Å². The first-order valence-corrected chi connectivity index (χ1v) is 4.18. The summed E-state index contributed by atoms with van der Waals surface area (Å²) in [6, 6.07) is 7.26. The van der Waals surface area contributed by atoms with Gasteiger partial charge in [0.05, 0.1) is 13.3 Å². The molecule has 0 aliphatic carbocycles. The van der Waals surface area contributed by atoms with E-state index in [0.717, 1.165) is 11.3 Å². The van der Waals surface area contributed by atoms with Crippen molar-refractivity contribution in [2.75, 3.05) is 7.11 Å². The third kappa shape index (κ3) is 4.15. The van der Waals surface area contributed by atoms with E-state index in [-0.39, 0.29) is 0 Å². The summed E-state index contributed by atoms with van der Waals surface area (Å²) in [7, 11) is 1.59. The molecule has 0 atom stereocenters. The van der Waals surface area contributed by atoms with Gasteiger partial charge in [-0.25, -0.2) is 0 Å². The lowest BCUT2D eigenvalue weighted by atomic mass is 10.2. The third-order valence-corrected chi connectivity index (χ3v) is 1.30. The quantitative estimate of drug-likeness (QED) is 0.432. The van der Waals surface area contributed by atoms with Crippen LogP contribution in [0.2, 0.25) is 0 Å². The van der Waals surface area contributed by atoms with Gasteiger partial charge in [-0.1, -0.05) is 31.1 Å². The van der Waals surface area contributed by atoms with Crippen molar-refractivity contribution in [2.45, 2.75) is 13.8 Å². The number of hydrogen-bond acceptors (Lipinski definition) is 3. The van der Waals surface area contributed by atoms with Crippen molar-refractivity contribution in [3.63, 3.8) is 0 Å². The minimum Gasteiger partial charge on any atom is -0.497 e. The maximum Gasteiger partial charge on any atom is 0.119 e. The highest BCUT2D eigenvalue weighted by atomic mass is 16.5. The summed E-state index contributed by atoms with van der Waals surface area (Å²) in [5.41, 5.74) is 0.812. The summed E-state index contributed by atoms with van der Waals surface area (Å²) in [5.74, 6) is 0.752. The van der Waals surface area contributed by atoms with E-state index < -0.39 is 0 Å². The predicted octanol–water partition coefficient (Wildman–Crippen LogP) is 2.53. The number of methoxy groups -OCH3 is 1. The second kappa shape index (κ2) is 7.16. The lowest BCUT2D eigenvalue weighted by Crippen LogP contribution is -1.85. The molecule has 72 valence electrons. The molecule has 0 unspecified atom stereocenters. The summed E-state index contributed by atoms with van der Waals surface area (Å²) in [6.07, 6.45) is 1.35. The van der Waals surface area contributed by atoms with Crippen LogP contribution in [0, 0.1) is 0 Å². The van der Waals surface area contributed by atoms with E-state index in [1.165, 1.54) is 6.21 Å². The van der Waals surface area contributed by atoms with Crippen LogP contribution in [0.3, 0.4) is 0 Å². The van der Waals surface area contributed by atoms with Crippen molar-refractivity contribution < 1.29 is 9.94 Å². The van der Waals surface area contributed by atoms with Gasteiger partial charge in [-0.15, -0.1) is 0 Å². The van der Waals surface area contributed by atoms with E-state index in [1.807, 2.05) is 32.0 Å². The second-order valence-electron chi connectivity index (χ2n) is 2.02. The highest BCUT2D eigenvalue weighted by Gasteiger charge is 1.90. The van der Waals surface area contributed by atoms with Crippen molar-refractivity contribution in [1.82, 2.24) is 0 Å². The van der Waals surface area contributed by atoms with Gasteiger partial charge >= 0.3 is 0 Å². The van der Waals surface area contributed by atoms with Crippen molar-refractivity contribution >= 4 is 6.21 Å². The molecule has 0 aromatic heterocycles. The Morgan fingerprint density at radius 3 is 2.62 bits per heavy atom. The number of hydrogen-bond donors (Lipinski definition) is 1. The van der Waals surface area contributed by atoms with Crippen LogP contribution in [0.15, 0.2) is 29.4 Å². The topological polar surface area (TPSA) is 41.8 Å². The van der Waals surface area contributed by atoms with E-state index in [4.69, 9.17) is 9.94 Å². The number of rotatable bonds is 2. The van der Waals surface area contributed by atoms with Crippen molar-refractivity contribution in [3.05, 3.63) is 29.8 Å². The lowest BCUT2D eigenvalue weighted by molar-refractivity contribution is 0.322. The zero-order chi connectivity index (χ0) is 10.1. The minimum atomic E-state index is 0.752. The molecule has 0 saturated heterocycles. The van der Waals surface area contributed by atoms with E-state index in [2.05, 4.69) is 5.16 Å². The Kier molecular flexibility index (Phi) is 6.32. The molecule has 13 heavy (non-hydrogen) atoms. The minimum absolute atomic E-state index is 0.752. The van der Waals surface area contributed by atoms with Gasteiger partial charge in [-0.3, -0.25) is 0 Å². The van der Waals surface area contributed by atoms with Gasteiger partial charge in [-0.2, -0.15) is 0 Å². The third-order valence-electron chi connectivity index (χ3n) is 1.30. The summed E-state index contributed by atoms with van der Waals surface area (Å²) >= 11 is 0. The number of oxime groups is 1. The van der Waals surface area contributed by atoms with Gasteiger partial charge < -0.3 is 9.94 Å². The van der Waals surface area contributed by atoms with Crippen LogP contribution in [0.25, 0.3) is 0 Å². The molecule has 1 rings (SSSR count). The highest BCUT2D eigenvalue weighted by molar-refractivity contribution is 5.79. The van der Waals surface area contributed by atoms with E-state index in [1.54, 1.807) is 13.2 Å². The molecule has 0 spiro atoms. The first-order chi connectivity index (χ1) is 6.36. The van der Waals surface area contributed by atoms with E-state index >= 15 is 0 Å². The average molecular weight is 181 g/mol. The normalized spacial score (nSPS) is 9.15. The highest BCUT2D eigenvalue weighted by Crippen LogP contribution is 2.10. The van der Waals surface area contributed by atoms with E-state index in [0.29, 0.717) is 0 Å². The fraction of sp³-hybridized carbons (Fsp3) is 0.300. The second-order valence-corrected chi connectivity index (χ2v) is 2.02. The molecule has 0 saturated carbocycles. The van der Waals surface area contributed by atoms with Gasteiger partial charge in [0.1, 0.15) is 5.75 Å². The smallest absolute Gasteiger partial charge is 0.119 e. The zero-order valence-electron chi connectivity index (χ0n) is 8.19. The maximum absolute atomic E-state index is 8.21. The first-order valence-electron chi connectivity index (χ1n) is 4.18. The molecule has 0 bridgehead atoms. The zero-order valence-corrected chi connectivity index (χ0v) is 8.19. The Morgan fingerprint density at radius 1 is 1.38 bits per heavy atom. The standard InChI is InChI=1S/C8H9NO2.C2H6/c1-11-8-4-2-3-7(5-8)6-9-10;1-2/h2-6,10H,1H3;1-2H3/b9-6-;. The Balaban J connectivity index is 0.000000671. The molecule has 1 N–H and O–H groups in total. The Labute approximate surface area is 78.7 Å². The largest absolute Gasteiger partial charge is 0.497 e. The molecular formula is C10H15NO2. The molecule has 3 nitrogen and oxygen atoms in total. The SMILES string of the molecule is CC.COc1cccc(/C=N\O)c1. The van der Waals surface area contributed by atoms with Crippen molar-refractivity contribution in [3.8, 4) is 5.75 Å². The summed E-state index contributed by atoms with van der Waals surface area (Å²) in [5, 5.41) is 11.1. The van der Waals surface area contributed by atoms with Crippen LogP contribution in [-0.2, 0) is 0 Å². The summed E-state index contributed by atoms with van der Waals surface area (Å²) in [4.78, 5) is 0. The van der Waals surface area contributed by atoms with Crippen LogP contribution < -0.4 is 4.74 Å². The van der Waals surface area contributed by atoms with Crippen LogP contribution in [0.5, 0.6) is 5.75 Å². The lowest BCUT2D eigenvalue weighted by Gasteiger charge is -1.98. The Hall–Kier alpha value is -1.51. The maximum atomic E-state index is 8.21. The molecule has 1 aromatic rings. The molecular weight excluding hydrogens is 166 g/mol. The Morgan fingerprint density at radius 2 is 2.08 bits per heavy atom. The van der Waals surface area contributed by atoms with Crippen LogP contribution in [-0.4, -0.2) is 18.5 Å². The molecule has 1 aromatic carbocycles. The molecule has 0 fully saturated rings. The molecule has 0 radical (unpaired) electrons. The number of nitrogens with zero attached hydrogens (tertiary/aromatic N) is 1. The first kappa shape index (κ1) is 11.5. The number of benzene rings is 1. The van der Waals surface area contributed by atoms with Gasteiger partial charge in [0.25, 0.3) is 0 Å². The van der Waals surface area contributed by atoms with Crippen molar-refractivity contribution in [1.29, 1.82) is 0 Å². The van der Waals surface area contributed by atoms with E-state index in [9.17, 15) is 0 Å². The van der Waals surface area contributed by atoms with Gasteiger partial charge in [0, 0.05) is 0 Å². The molecule has 3 heteroatoms. The average Bonchev–Trinajstić information content (AvgIpc) is 2.22. The molecule has 0 heterocycles. The Bertz CT molecular complexity index is 259. The van der Waals surface area contributed by atoms with Crippen molar-refractivity contribution in [2.24, 2.45) is 5.16 Å². The molecule has 0 amide bonds. The fourth-order valence-corrected chi connectivity index (χ4v) is 0.788. The monoisotopic (exact) mass is 181 g/mol. The van der Waals surface area contributed by atoms with Crippen LogP contribution in [0.1, 0.15) is 19.4 Å². The van der Waals surface area contributed by atoms with Gasteiger partial charge in [-0.05, 0) is 17.7 Å². The molecule has 0 aliphatic rings. The summed E-state index contributed by atoms with van der Waals surface area (Å²) < 4.78 is 4.96. The fourth-order valence-electron chi connectivity index (χ4n) is 0.788. The summed E-state index contributed by atoms with van der Waals surface area (Å²) in [6.45, 7) is 4.00. The van der Waals surface area contributed by atoms with Crippen LogP contribution >= 0.6 is 0 Å².